The van der Waals surface area contributed by atoms with Crippen LogP contribution >= 0.6 is 0 Å². The molecular formula is C12H16O6S2Zn+2. The molecule has 6 nitrogen and oxygen atoms in total. The Morgan fingerprint density at radius 2 is 0.857 bits per heavy atom. The van der Waals surface area contributed by atoms with E-state index < -0.39 is 22.2 Å². The molecule has 0 amide bonds. The van der Waals surface area contributed by atoms with Crippen molar-refractivity contribution in [3.8, 4) is 0 Å². The third-order valence-electron chi connectivity index (χ3n) is 1.89. The third kappa shape index (κ3) is 10.6. The first-order valence-electron chi connectivity index (χ1n) is 4.93. The van der Waals surface area contributed by atoms with Crippen molar-refractivity contribution in [2.24, 2.45) is 0 Å². The Morgan fingerprint density at radius 1 is 0.619 bits per heavy atom. The van der Waals surface area contributed by atoms with Gasteiger partial charge in [0.15, 0.2) is 22.2 Å². The maximum absolute atomic E-state index is 10.3. The second kappa shape index (κ2) is 14.2. The minimum absolute atomic E-state index is 0. The van der Waals surface area contributed by atoms with Crippen molar-refractivity contribution in [3.63, 3.8) is 0 Å². The molecule has 0 radical (unpaired) electrons. The molecule has 2 unspecified atom stereocenters. The smallest absolute Gasteiger partial charge is 0.412 e. The van der Waals surface area contributed by atoms with E-state index in [4.69, 9.17) is 9.11 Å². The van der Waals surface area contributed by atoms with Crippen molar-refractivity contribution in [2.75, 3.05) is 0 Å². The average Bonchev–Trinajstić information content (AvgIpc) is 2.41. The van der Waals surface area contributed by atoms with Gasteiger partial charge in [-0.15, -0.1) is 0 Å². The number of rotatable bonds is 2. The molecule has 2 aromatic carbocycles. The van der Waals surface area contributed by atoms with Crippen LogP contribution in [0.1, 0.15) is 0 Å². The van der Waals surface area contributed by atoms with E-state index in [1.54, 1.807) is 60.7 Å². The molecule has 2 atom stereocenters. The Morgan fingerprint density at radius 3 is 1.00 bits per heavy atom. The van der Waals surface area contributed by atoms with E-state index in [9.17, 15) is 8.42 Å². The summed E-state index contributed by atoms with van der Waals surface area (Å²) < 4.78 is 37.6. The molecule has 6 N–H and O–H groups in total. The monoisotopic (exact) mass is 384 g/mol. The zero-order valence-corrected chi connectivity index (χ0v) is 15.6. The molecule has 112 valence electrons. The fraction of sp³-hybridized carbons (Fsp3) is 0. The number of hydrogen-bond donors (Lipinski definition) is 2. The molecule has 2 rings (SSSR count). The SMILES string of the molecule is O.O.O=S(O)c1ccccc1.O=S(O)c1ccccc1.[Zn+2]. The molecule has 0 aromatic heterocycles. The van der Waals surface area contributed by atoms with Gasteiger partial charge in [0.05, 0.1) is 9.79 Å². The van der Waals surface area contributed by atoms with Gasteiger partial charge in [0, 0.05) is 0 Å². The van der Waals surface area contributed by atoms with Crippen LogP contribution in [0.4, 0.5) is 0 Å². The van der Waals surface area contributed by atoms with E-state index in [2.05, 4.69) is 0 Å². The summed E-state index contributed by atoms with van der Waals surface area (Å²) in [6.45, 7) is 0. The second-order valence-corrected chi connectivity index (χ2v) is 5.06. The zero-order valence-electron chi connectivity index (χ0n) is 11.0. The van der Waals surface area contributed by atoms with Gasteiger partial charge < -0.3 is 20.1 Å². The van der Waals surface area contributed by atoms with E-state index in [0.717, 1.165) is 0 Å². The fourth-order valence-electron chi connectivity index (χ4n) is 1.07. The minimum Gasteiger partial charge on any atom is -0.412 e. The Balaban J connectivity index is -0.000000270. The first-order chi connectivity index (χ1) is 8.61. The fourth-order valence-corrected chi connectivity index (χ4v) is 1.85. The summed E-state index contributed by atoms with van der Waals surface area (Å²) in [7, 11) is 0. The largest absolute Gasteiger partial charge is 2.00 e. The van der Waals surface area contributed by atoms with Crippen LogP contribution in [0, 0.1) is 0 Å². The molecule has 0 aliphatic rings. The van der Waals surface area contributed by atoms with Gasteiger partial charge in [-0.3, -0.25) is 0 Å². The number of benzene rings is 2. The third-order valence-corrected chi connectivity index (χ3v) is 3.24. The van der Waals surface area contributed by atoms with Crippen LogP contribution in [0.25, 0.3) is 0 Å². The Bertz CT molecular complexity index is 474. The maximum Gasteiger partial charge on any atom is 2.00 e. The zero-order chi connectivity index (χ0) is 13.4. The van der Waals surface area contributed by atoms with Gasteiger partial charge in [-0.2, -0.15) is 0 Å². The summed E-state index contributed by atoms with van der Waals surface area (Å²) in [5.41, 5.74) is 0. The van der Waals surface area contributed by atoms with Gasteiger partial charge in [0.25, 0.3) is 0 Å². The molecule has 21 heavy (non-hydrogen) atoms. The van der Waals surface area contributed by atoms with Crippen LogP contribution in [-0.2, 0) is 41.6 Å². The molecule has 2 aromatic rings. The molecule has 0 saturated heterocycles. The van der Waals surface area contributed by atoms with Crippen LogP contribution in [-0.4, -0.2) is 28.5 Å². The summed E-state index contributed by atoms with van der Waals surface area (Å²) in [6, 6.07) is 16.9. The first kappa shape index (κ1) is 25.2. The van der Waals surface area contributed by atoms with Crippen LogP contribution in [0.5, 0.6) is 0 Å². The molecule has 0 bridgehead atoms. The van der Waals surface area contributed by atoms with Crippen molar-refractivity contribution >= 4 is 22.2 Å². The summed E-state index contributed by atoms with van der Waals surface area (Å²) in [6.07, 6.45) is 0. The van der Waals surface area contributed by atoms with Crippen molar-refractivity contribution in [1.82, 2.24) is 0 Å². The van der Waals surface area contributed by atoms with Gasteiger partial charge in [-0.25, -0.2) is 8.42 Å². The molecule has 0 aliphatic carbocycles. The van der Waals surface area contributed by atoms with Gasteiger partial charge in [-0.05, 0) is 24.3 Å². The Labute approximate surface area is 140 Å². The minimum atomic E-state index is -1.83. The quantitative estimate of drug-likeness (QED) is 0.585. The first-order valence-corrected chi connectivity index (χ1v) is 7.14. The van der Waals surface area contributed by atoms with Crippen LogP contribution in [0.3, 0.4) is 0 Å². The Kier molecular flexibility index (Phi) is 17.0. The molecule has 0 fully saturated rings. The molecule has 0 aliphatic heterocycles. The standard InChI is InChI=1S/2C6H6O2S.2H2O.Zn/c2*7-9(8)6-4-2-1-3-5-6;;;/h2*1-5H,(H,7,8);2*1H2;/q;;;;+2. The molecule has 0 saturated carbocycles. The van der Waals surface area contributed by atoms with Crippen molar-refractivity contribution in [3.05, 3.63) is 60.7 Å². The van der Waals surface area contributed by atoms with Crippen molar-refractivity contribution in [1.29, 1.82) is 0 Å². The summed E-state index contributed by atoms with van der Waals surface area (Å²) >= 11 is -3.66. The normalized spacial score (nSPS) is 11.1. The van der Waals surface area contributed by atoms with Crippen LogP contribution in [0.2, 0.25) is 0 Å². The average molecular weight is 386 g/mol. The topological polar surface area (TPSA) is 138 Å². The molecule has 0 heterocycles. The Hall–Kier alpha value is -0.797. The molecule has 0 spiro atoms. The van der Waals surface area contributed by atoms with Crippen LogP contribution in [0.15, 0.2) is 70.5 Å². The molecular weight excluding hydrogens is 370 g/mol. The van der Waals surface area contributed by atoms with Gasteiger partial charge in [-0.1, -0.05) is 36.4 Å². The maximum atomic E-state index is 10.3. The van der Waals surface area contributed by atoms with Gasteiger partial charge >= 0.3 is 19.5 Å². The van der Waals surface area contributed by atoms with Crippen LogP contribution < -0.4 is 0 Å². The second-order valence-electron chi connectivity index (χ2n) is 3.12. The van der Waals surface area contributed by atoms with E-state index in [1.165, 1.54) is 0 Å². The molecule has 9 heteroatoms. The van der Waals surface area contributed by atoms with E-state index in [0.29, 0.717) is 9.79 Å². The van der Waals surface area contributed by atoms with Crippen molar-refractivity contribution in [2.45, 2.75) is 9.79 Å². The van der Waals surface area contributed by atoms with E-state index in [-0.39, 0.29) is 30.4 Å². The summed E-state index contributed by atoms with van der Waals surface area (Å²) in [5, 5.41) is 0. The van der Waals surface area contributed by atoms with Gasteiger partial charge in [0.2, 0.25) is 0 Å². The predicted molar refractivity (Wildman–Crippen MR) is 78.2 cm³/mol. The number of hydrogen-bond acceptors (Lipinski definition) is 2. The summed E-state index contributed by atoms with van der Waals surface area (Å²) in [4.78, 5) is 0.884. The predicted octanol–water partition coefficient (Wildman–Crippen LogP) is 0.883. The van der Waals surface area contributed by atoms with E-state index >= 15 is 0 Å². The van der Waals surface area contributed by atoms with E-state index in [1.807, 2.05) is 0 Å². The summed E-state index contributed by atoms with van der Waals surface area (Å²) in [5.74, 6) is 0. The van der Waals surface area contributed by atoms with Gasteiger partial charge in [0.1, 0.15) is 0 Å². The van der Waals surface area contributed by atoms with Crippen molar-refractivity contribution < 1.29 is 48.0 Å².